The van der Waals surface area contributed by atoms with Gasteiger partial charge in [-0.2, -0.15) is 8.42 Å². The van der Waals surface area contributed by atoms with Crippen molar-refractivity contribution in [3.63, 3.8) is 0 Å². The number of hydrogen-bond acceptors (Lipinski definition) is 9. The van der Waals surface area contributed by atoms with E-state index in [1.54, 1.807) is 24.4 Å². The number of hydrogen-bond donors (Lipinski definition) is 2. The van der Waals surface area contributed by atoms with E-state index in [1.807, 2.05) is 6.07 Å². The Kier molecular flexibility index (Phi) is 7.57. The first kappa shape index (κ1) is 28.3. The van der Waals surface area contributed by atoms with Crippen molar-refractivity contribution in [2.45, 2.75) is 58.5 Å². The third-order valence-electron chi connectivity index (χ3n) is 6.38. The molecule has 1 aliphatic rings. The zero-order valence-electron chi connectivity index (χ0n) is 23.2. The normalized spacial score (nSPS) is 17.2. The molecule has 1 fully saturated rings. The van der Waals surface area contributed by atoms with E-state index in [0.717, 1.165) is 12.0 Å². The minimum atomic E-state index is -4.25. The number of nitrogens with zero attached hydrogens (tertiary/aromatic N) is 4. The van der Waals surface area contributed by atoms with Crippen LogP contribution in [-0.2, 0) is 10.0 Å². The molecule has 3 N–H and O–H groups in total. The first-order valence-corrected chi connectivity index (χ1v) is 14.3. The summed E-state index contributed by atoms with van der Waals surface area (Å²) >= 11 is 0. The van der Waals surface area contributed by atoms with E-state index in [1.165, 1.54) is 18.2 Å². The summed E-state index contributed by atoms with van der Waals surface area (Å²) in [5.41, 5.74) is 6.85. The second-order valence-corrected chi connectivity index (χ2v) is 13.5. The topological polar surface area (TPSA) is 140 Å². The first-order valence-electron chi connectivity index (χ1n) is 12.8. The molecular weight excluding hydrogens is 516 g/mol. The van der Waals surface area contributed by atoms with Gasteiger partial charge in [0.1, 0.15) is 11.6 Å². The van der Waals surface area contributed by atoms with Crippen molar-refractivity contribution >= 4 is 27.6 Å². The van der Waals surface area contributed by atoms with Crippen molar-refractivity contribution in [2.24, 2.45) is 11.3 Å². The van der Waals surface area contributed by atoms with Crippen molar-refractivity contribution in [3.05, 3.63) is 54.2 Å². The minimum Gasteiger partial charge on any atom is -0.477 e. The molecule has 1 atom stereocenters. The summed E-state index contributed by atoms with van der Waals surface area (Å²) in [4.78, 5) is 28.6. The molecule has 1 aliphatic heterocycles. The number of rotatable bonds is 7. The monoisotopic (exact) mass is 552 g/mol. The molecule has 0 aromatic carbocycles. The van der Waals surface area contributed by atoms with Gasteiger partial charge in [-0.1, -0.05) is 33.8 Å². The number of sulfonamides is 1. The lowest BCUT2D eigenvalue weighted by Crippen LogP contribution is -2.41. The van der Waals surface area contributed by atoms with Crippen LogP contribution < -0.4 is 20.1 Å². The van der Waals surface area contributed by atoms with Crippen molar-refractivity contribution in [1.29, 1.82) is 0 Å². The molecule has 1 unspecified atom stereocenters. The second-order valence-electron chi connectivity index (χ2n) is 11.9. The minimum absolute atomic E-state index is 0.00351. The number of anilines is 2. The number of nitrogens with one attached hydrogen (secondary N) is 1. The van der Waals surface area contributed by atoms with Crippen LogP contribution in [0.5, 0.6) is 5.88 Å². The van der Waals surface area contributed by atoms with E-state index in [0.29, 0.717) is 36.5 Å². The molecule has 3 aromatic rings. The summed E-state index contributed by atoms with van der Waals surface area (Å²) < 4.78 is 33.7. The van der Waals surface area contributed by atoms with E-state index in [2.05, 4.69) is 61.1 Å². The maximum Gasteiger partial charge on any atom is 0.281 e. The van der Waals surface area contributed by atoms with Gasteiger partial charge >= 0.3 is 0 Å². The molecule has 3 aromatic heterocycles. The van der Waals surface area contributed by atoms with Gasteiger partial charge in [-0.05, 0) is 61.9 Å². The van der Waals surface area contributed by atoms with Gasteiger partial charge in [-0.25, -0.2) is 19.7 Å². The van der Waals surface area contributed by atoms with Crippen LogP contribution in [0, 0.1) is 11.3 Å². The molecule has 0 radical (unpaired) electrons. The summed E-state index contributed by atoms with van der Waals surface area (Å²) in [5.74, 6) is 0.520. The Labute approximate surface area is 230 Å². The van der Waals surface area contributed by atoms with Gasteiger partial charge in [-0.3, -0.25) is 4.79 Å². The summed E-state index contributed by atoms with van der Waals surface area (Å²) in [6, 6.07) is 11.1. The van der Waals surface area contributed by atoms with E-state index in [9.17, 15) is 13.2 Å². The number of ether oxygens (including phenoxy) is 1. The predicted octanol–water partition coefficient (Wildman–Crippen LogP) is 4.29. The van der Waals surface area contributed by atoms with Crippen molar-refractivity contribution in [1.82, 2.24) is 19.7 Å². The van der Waals surface area contributed by atoms with Gasteiger partial charge < -0.3 is 15.4 Å². The molecule has 208 valence electrons. The highest BCUT2D eigenvalue weighted by Crippen LogP contribution is 2.38. The molecule has 0 spiro atoms. The highest BCUT2D eigenvalue weighted by Gasteiger charge is 2.39. The molecule has 4 rings (SSSR count). The van der Waals surface area contributed by atoms with Crippen molar-refractivity contribution in [2.75, 3.05) is 23.8 Å². The standard InChI is InChI=1S/C28H36N6O4S/c1-18-14-28(5,6)34(16-18)25-20(26(35)33-39(36,37)24-9-7-8-22(29)32-24)11-12-21(31-25)19-10-13-23(30-15-19)38-17-27(2,3)4/h7-13,15,18H,14,16-17H2,1-6H3,(H2,29,32)(H,33,35). The maximum atomic E-state index is 13.4. The average molecular weight is 553 g/mol. The SMILES string of the molecule is CC1CN(c2nc(-c3ccc(OCC(C)(C)C)nc3)ccc2C(=O)NS(=O)(=O)c2cccc(N)n2)C(C)(C)C1. The van der Waals surface area contributed by atoms with E-state index in [-0.39, 0.29) is 27.4 Å². The largest absolute Gasteiger partial charge is 0.477 e. The van der Waals surface area contributed by atoms with Gasteiger partial charge in [0.05, 0.1) is 17.9 Å². The average Bonchev–Trinajstić information content (AvgIpc) is 3.13. The summed E-state index contributed by atoms with van der Waals surface area (Å²) in [6.45, 7) is 13.8. The quantitative estimate of drug-likeness (QED) is 0.439. The number of carbonyl (C=O) groups excluding carboxylic acids is 1. The van der Waals surface area contributed by atoms with Gasteiger partial charge in [-0.15, -0.1) is 0 Å². The van der Waals surface area contributed by atoms with E-state index >= 15 is 0 Å². The van der Waals surface area contributed by atoms with Crippen LogP contribution in [0.25, 0.3) is 11.3 Å². The fourth-order valence-corrected chi connectivity index (χ4v) is 5.61. The molecule has 10 nitrogen and oxygen atoms in total. The third-order valence-corrected chi connectivity index (χ3v) is 7.61. The zero-order valence-corrected chi connectivity index (χ0v) is 24.0. The second kappa shape index (κ2) is 10.4. The number of nitrogens with two attached hydrogens (primary N) is 1. The van der Waals surface area contributed by atoms with Crippen LogP contribution in [0.1, 0.15) is 58.3 Å². The van der Waals surface area contributed by atoms with Crippen molar-refractivity contribution < 1.29 is 17.9 Å². The molecule has 11 heteroatoms. The fraction of sp³-hybridized carbons (Fsp3) is 0.429. The lowest BCUT2D eigenvalue weighted by molar-refractivity contribution is 0.0981. The van der Waals surface area contributed by atoms with Gasteiger partial charge in [0.15, 0.2) is 5.03 Å². The number of pyridine rings is 3. The summed E-state index contributed by atoms with van der Waals surface area (Å²) in [5, 5.41) is -0.336. The molecule has 4 heterocycles. The lowest BCUT2D eigenvalue weighted by atomic mass is 9.97. The Hall–Kier alpha value is -3.73. The van der Waals surface area contributed by atoms with Crippen LogP contribution in [0.15, 0.2) is 53.7 Å². The van der Waals surface area contributed by atoms with Crippen LogP contribution in [-0.4, -0.2) is 48.0 Å². The van der Waals surface area contributed by atoms with Gasteiger partial charge in [0.25, 0.3) is 15.9 Å². The maximum absolute atomic E-state index is 13.4. The molecule has 0 bridgehead atoms. The molecule has 0 aliphatic carbocycles. The highest BCUT2D eigenvalue weighted by atomic mass is 32.2. The molecule has 0 saturated carbocycles. The third kappa shape index (κ3) is 6.65. The summed E-state index contributed by atoms with van der Waals surface area (Å²) in [6.07, 6.45) is 2.57. The fourth-order valence-electron chi connectivity index (χ4n) is 4.67. The summed E-state index contributed by atoms with van der Waals surface area (Å²) in [7, 11) is -4.25. The number of amides is 1. The van der Waals surface area contributed by atoms with Crippen molar-refractivity contribution in [3.8, 4) is 17.1 Å². The Morgan fingerprint density at radius 2 is 1.90 bits per heavy atom. The number of nitrogen functional groups attached to an aromatic ring is 1. The van der Waals surface area contributed by atoms with Crippen LogP contribution >= 0.6 is 0 Å². The zero-order chi connectivity index (χ0) is 28.6. The van der Waals surface area contributed by atoms with Crippen LogP contribution in [0.4, 0.5) is 11.6 Å². The molecule has 39 heavy (non-hydrogen) atoms. The van der Waals surface area contributed by atoms with Gasteiger partial charge in [0.2, 0.25) is 5.88 Å². The van der Waals surface area contributed by atoms with E-state index < -0.39 is 15.9 Å². The smallest absolute Gasteiger partial charge is 0.281 e. The van der Waals surface area contributed by atoms with Crippen LogP contribution in [0.2, 0.25) is 0 Å². The Balaban J connectivity index is 1.69. The lowest BCUT2D eigenvalue weighted by Gasteiger charge is -2.34. The Morgan fingerprint density at radius 1 is 1.15 bits per heavy atom. The number of carbonyl (C=O) groups is 1. The molecule has 1 saturated heterocycles. The van der Waals surface area contributed by atoms with E-state index in [4.69, 9.17) is 15.5 Å². The highest BCUT2D eigenvalue weighted by molar-refractivity contribution is 7.90. The first-order chi connectivity index (χ1) is 18.1. The molecule has 1 amide bonds. The predicted molar refractivity (Wildman–Crippen MR) is 151 cm³/mol. The number of aromatic nitrogens is 3. The molecular formula is C28H36N6O4S. The Bertz CT molecular complexity index is 1470. The van der Waals surface area contributed by atoms with Gasteiger partial charge in [0, 0.05) is 29.9 Å². The Morgan fingerprint density at radius 3 is 2.49 bits per heavy atom. The van der Waals surface area contributed by atoms with Crippen LogP contribution in [0.3, 0.4) is 0 Å².